The second kappa shape index (κ2) is 7.68. The monoisotopic (exact) mass is 310 g/mol. The third kappa shape index (κ3) is 5.35. The van der Waals surface area contributed by atoms with Crippen LogP contribution in [-0.2, 0) is 14.9 Å². The molecule has 8 heteroatoms. The summed E-state index contributed by atoms with van der Waals surface area (Å²) in [5.41, 5.74) is -1.06. The molecule has 0 saturated carbocycles. The van der Waals surface area contributed by atoms with Crippen molar-refractivity contribution < 1.29 is 27.2 Å². The number of hydrogen-bond donors (Lipinski definition) is 1. The molecule has 1 aliphatic rings. The molecule has 1 unspecified atom stereocenters. The van der Waals surface area contributed by atoms with Gasteiger partial charge in [0.25, 0.3) is 10.1 Å². The molecule has 0 aromatic carbocycles. The Kier molecular flexibility index (Phi) is 6.56. The van der Waals surface area contributed by atoms with E-state index in [2.05, 4.69) is 4.74 Å². The molecule has 0 amide bonds. The first-order chi connectivity index (χ1) is 8.99. The number of thiophene rings is 1. The first-order valence-corrected chi connectivity index (χ1v) is 8.24. The number of methoxy groups -OCH3 is 1. The molecule has 0 aliphatic carbocycles. The Morgan fingerprint density at radius 1 is 1.37 bits per heavy atom. The van der Waals surface area contributed by atoms with Gasteiger partial charge in [-0.1, -0.05) is 13.3 Å². The van der Waals surface area contributed by atoms with Gasteiger partial charge in [0.05, 0.1) is 0 Å². The Labute approximate surface area is 117 Å². The molecule has 0 spiro atoms. The zero-order valence-electron chi connectivity index (χ0n) is 10.9. The highest BCUT2D eigenvalue weighted by atomic mass is 32.2. The zero-order chi connectivity index (χ0) is 14.3. The van der Waals surface area contributed by atoms with Crippen LogP contribution in [0.25, 0.3) is 0 Å². The van der Waals surface area contributed by atoms with E-state index in [4.69, 9.17) is 14.0 Å². The van der Waals surface area contributed by atoms with Crippen LogP contribution in [0, 0.1) is 0 Å². The molecule has 110 valence electrons. The van der Waals surface area contributed by atoms with Crippen molar-refractivity contribution in [2.24, 2.45) is 0 Å². The van der Waals surface area contributed by atoms with E-state index < -0.39 is 15.6 Å². The van der Waals surface area contributed by atoms with E-state index in [0.717, 1.165) is 11.5 Å². The maximum absolute atomic E-state index is 10.4. The maximum Gasteiger partial charge on any atom is 0.292 e. The van der Waals surface area contributed by atoms with Crippen LogP contribution in [0.3, 0.4) is 0 Å². The summed E-state index contributed by atoms with van der Waals surface area (Å²) in [6.07, 6.45) is 0.994. The Bertz CT molecular complexity index is 447. The lowest BCUT2D eigenvalue weighted by Crippen LogP contribution is -2.21. The number of fused-ring (bicyclic) bond motifs is 1. The summed E-state index contributed by atoms with van der Waals surface area (Å²) in [5, 5.41) is 3.91. The number of ether oxygens (including phenoxy) is 3. The van der Waals surface area contributed by atoms with E-state index in [1.54, 1.807) is 11.3 Å². The largest absolute Gasteiger partial charge is 0.485 e. The minimum absolute atomic E-state index is 0.329. The van der Waals surface area contributed by atoms with Crippen molar-refractivity contribution in [1.82, 2.24) is 0 Å². The Hall–Kier alpha value is -0.830. The molecule has 1 N–H and O–H groups in total. The van der Waals surface area contributed by atoms with Crippen molar-refractivity contribution in [1.29, 1.82) is 0 Å². The van der Waals surface area contributed by atoms with Crippen molar-refractivity contribution >= 4 is 21.5 Å². The highest BCUT2D eigenvalue weighted by Crippen LogP contribution is 2.33. The van der Waals surface area contributed by atoms with E-state index in [1.807, 2.05) is 17.7 Å². The Morgan fingerprint density at radius 2 is 1.89 bits per heavy atom. The topological polar surface area (TPSA) is 82.1 Å². The molecule has 0 radical (unpaired) electrons. The lowest BCUT2D eigenvalue weighted by molar-refractivity contribution is 0.147. The van der Waals surface area contributed by atoms with Gasteiger partial charge in [0.1, 0.15) is 13.2 Å². The van der Waals surface area contributed by atoms with Gasteiger partial charge < -0.3 is 14.2 Å². The molecule has 0 fully saturated rings. The van der Waals surface area contributed by atoms with Crippen LogP contribution in [-0.4, -0.2) is 38.7 Å². The summed E-state index contributed by atoms with van der Waals surface area (Å²) in [4.78, 5) is 0. The number of hydrogen-bond acceptors (Lipinski definition) is 6. The smallest absolute Gasteiger partial charge is 0.292 e. The van der Waals surface area contributed by atoms with Crippen LogP contribution in [0.2, 0.25) is 0 Å². The SMILES string of the molecule is CCCC(OC)S(=O)(=O)O.c1scc2c1OCCO2. The minimum Gasteiger partial charge on any atom is -0.485 e. The highest BCUT2D eigenvalue weighted by molar-refractivity contribution is 7.86. The summed E-state index contributed by atoms with van der Waals surface area (Å²) in [6, 6.07) is 0. The summed E-state index contributed by atoms with van der Waals surface area (Å²) in [5.74, 6) is 1.79. The predicted molar refractivity (Wildman–Crippen MR) is 72.6 cm³/mol. The summed E-state index contributed by atoms with van der Waals surface area (Å²) < 4.78 is 44.2. The predicted octanol–water partition coefficient (Wildman–Crippen LogP) is 2.17. The van der Waals surface area contributed by atoms with Gasteiger partial charge in [-0.05, 0) is 6.42 Å². The van der Waals surface area contributed by atoms with E-state index in [-0.39, 0.29) is 0 Å². The van der Waals surface area contributed by atoms with Gasteiger partial charge in [-0.25, -0.2) is 0 Å². The fourth-order valence-electron chi connectivity index (χ4n) is 1.41. The van der Waals surface area contributed by atoms with E-state index in [1.165, 1.54) is 7.11 Å². The standard InChI is InChI=1S/C6H6O2S.C5H12O4S/c1-2-8-6-4-9-3-5(6)7-1;1-3-4-5(9-2)10(6,7)8/h3-4H,1-2H2;5H,3-4H2,1-2H3,(H,6,7,8). The van der Waals surface area contributed by atoms with Gasteiger partial charge >= 0.3 is 0 Å². The molecule has 1 aliphatic heterocycles. The molecular weight excluding hydrogens is 292 g/mol. The third-order valence-electron chi connectivity index (χ3n) is 2.31. The maximum atomic E-state index is 10.4. The lowest BCUT2D eigenvalue weighted by atomic mass is 10.4. The molecule has 2 heterocycles. The van der Waals surface area contributed by atoms with Crippen LogP contribution >= 0.6 is 11.3 Å². The lowest BCUT2D eigenvalue weighted by Gasteiger charge is -2.13. The third-order valence-corrected chi connectivity index (χ3v) is 4.10. The molecule has 1 aromatic rings. The molecule has 6 nitrogen and oxygen atoms in total. The van der Waals surface area contributed by atoms with Gasteiger partial charge in [0.2, 0.25) is 0 Å². The van der Waals surface area contributed by atoms with Crippen LogP contribution in [0.5, 0.6) is 11.5 Å². The molecular formula is C11H18O6S2. The van der Waals surface area contributed by atoms with Gasteiger partial charge in [-0.2, -0.15) is 8.42 Å². The van der Waals surface area contributed by atoms with Crippen LogP contribution < -0.4 is 9.47 Å². The second-order valence-electron chi connectivity index (χ2n) is 3.77. The molecule has 19 heavy (non-hydrogen) atoms. The fourth-order valence-corrected chi connectivity index (χ4v) is 2.87. The van der Waals surface area contributed by atoms with Crippen molar-refractivity contribution in [3.05, 3.63) is 10.8 Å². The molecule has 0 bridgehead atoms. The average molecular weight is 310 g/mol. The van der Waals surface area contributed by atoms with Crippen LogP contribution in [0.15, 0.2) is 10.8 Å². The van der Waals surface area contributed by atoms with Crippen LogP contribution in [0.1, 0.15) is 19.8 Å². The first kappa shape index (κ1) is 16.2. The van der Waals surface area contributed by atoms with E-state index in [9.17, 15) is 8.42 Å². The summed E-state index contributed by atoms with van der Waals surface area (Å²) >= 11 is 1.61. The quantitative estimate of drug-likeness (QED) is 0.858. The molecule has 1 atom stereocenters. The van der Waals surface area contributed by atoms with Gasteiger partial charge in [-0.3, -0.25) is 4.55 Å². The van der Waals surface area contributed by atoms with Gasteiger partial charge in [0.15, 0.2) is 16.9 Å². The van der Waals surface area contributed by atoms with Gasteiger partial charge in [-0.15, -0.1) is 11.3 Å². The summed E-state index contributed by atoms with van der Waals surface area (Å²) in [6.45, 7) is 3.19. The fraction of sp³-hybridized carbons (Fsp3) is 0.636. The first-order valence-electron chi connectivity index (χ1n) is 5.80. The van der Waals surface area contributed by atoms with E-state index in [0.29, 0.717) is 26.1 Å². The molecule has 0 saturated heterocycles. The highest BCUT2D eigenvalue weighted by Gasteiger charge is 2.20. The van der Waals surface area contributed by atoms with E-state index >= 15 is 0 Å². The average Bonchev–Trinajstić information content (AvgIpc) is 2.83. The normalized spacial score (nSPS) is 15.3. The van der Waals surface area contributed by atoms with Crippen molar-refractivity contribution in [3.63, 3.8) is 0 Å². The summed E-state index contributed by atoms with van der Waals surface area (Å²) in [7, 11) is -2.74. The Morgan fingerprint density at radius 3 is 2.21 bits per heavy atom. The zero-order valence-corrected chi connectivity index (χ0v) is 12.5. The Balaban J connectivity index is 0.000000190. The van der Waals surface area contributed by atoms with Gasteiger partial charge in [0, 0.05) is 17.9 Å². The molecule has 1 aromatic heterocycles. The second-order valence-corrected chi connectivity index (χ2v) is 6.07. The molecule has 2 rings (SSSR count). The van der Waals surface area contributed by atoms with Crippen molar-refractivity contribution in [2.45, 2.75) is 25.2 Å². The van der Waals surface area contributed by atoms with Crippen LogP contribution in [0.4, 0.5) is 0 Å². The van der Waals surface area contributed by atoms with Crippen molar-refractivity contribution in [3.8, 4) is 11.5 Å². The minimum atomic E-state index is -4.00. The number of rotatable bonds is 4. The van der Waals surface area contributed by atoms with Crippen molar-refractivity contribution in [2.75, 3.05) is 20.3 Å².